The van der Waals surface area contributed by atoms with Gasteiger partial charge in [-0.3, -0.25) is 9.59 Å². The lowest BCUT2D eigenvalue weighted by molar-refractivity contribution is -0.140. The minimum atomic E-state index is -1.10. The number of carbonyl (C=O) groups is 2. The molecule has 1 amide bonds. The summed E-state index contributed by atoms with van der Waals surface area (Å²) in [5.74, 6) is -0.689. The largest absolute Gasteiger partial charge is 0.480 e. The van der Waals surface area contributed by atoms with E-state index in [1.807, 2.05) is 20.8 Å². The van der Waals surface area contributed by atoms with Gasteiger partial charge in [0.05, 0.1) is 6.04 Å². The molecule has 25 heavy (non-hydrogen) atoms. The van der Waals surface area contributed by atoms with Crippen LogP contribution in [-0.4, -0.2) is 58.8 Å². The summed E-state index contributed by atoms with van der Waals surface area (Å²) >= 11 is 0. The van der Waals surface area contributed by atoms with Crippen molar-refractivity contribution in [2.75, 3.05) is 6.54 Å². The number of unbranched alkanes of at least 4 members (excludes halogenated alkanes) is 1. The summed E-state index contributed by atoms with van der Waals surface area (Å²) in [7, 11) is -1.10. The Morgan fingerprint density at radius 2 is 2.00 bits per heavy atom. The summed E-state index contributed by atoms with van der Waals surface area (Å²) < 4.78 is 0. The van der Waals surface area contributed by atoms with Crippen LogP contribution in [0.2, 0.25) is 6.32 Å². The second-order valence-electron chi connectivity index (χ2n) is 6.93. The quantitative estimate of drug-likeness (QED) is 0.333. The average molecular weight is 359 g/mol. The van der Waals surface area contributed by atoms with Gasteiger partial charge in [0.1, 0.15) is 6.04 Å². The first-order chi connectivity index (χ1) is 11.7. The van der Waals surface area contributed by atoms with Crippen LogP contribution in [0, 0.1) is 5.92 Å². The van der Waals surface area contributed by atoms with Crippen LogP contribution >= 0.6 is 0 Å². The predicted octanol–water partition coefficient (Wildman–Crippen LogP) is -0.0595. The summed E-state index contributed by atoms with van der Waals surface area (Å²) in [4.78, 5) is 22.7. The maximum atomic E-state index is 11.8. The SMILES string of the molecule is CC(C)CC(N)C(=O)NC1CCNC(C(=O)O)C1.CCCCB(O)O. The molecule has 0 spiro atoms. The Kier molecular flexibility index (Phi) is 12.5. The van der Waals surface area contributed by atoms with Crippen LogP contribution in [0.4, 0.5) is 0 Å². The third-order valence-electron chi connectivity index (χ3n) is 3.93. The first-order valence-electron chi connectivity index (χ1n) is 9.05. The second kappa shape index (κ2) is 13.1. The molecule has 0 aromatic rings. The molecule has 1 fully saturated rings. The zero-order valence-electron chi connectivity index (χ0n) is 15.6. The fraction of sp³-hybridized carbons (Fsp3) is 0.875. The number of amides is 1. The Morgan fingerprint density at radius 3 is 2.44 bits per heavy atom. The lowest BCUT2D eigenvalue weighted by Gasteiger charge is -2.29. The summed E-state index contributed by atoms with van der Waals surface area (Å²) in [6.07, 6.45) is 4.23. The molecule has 3 unspecified atom stereocenters. The molecule has 146 valence electrons. The molecule has 0 radical (unpaired) electrons. The van der Waals surface area contributed by atoms with Gasteiger partial charge >= 0.3 is 13.1 Å². The third-order valence-corrected chi connectivity index (χ3v) is 3.93. The van der Waals surface area contributed by atoms with Crippen LogP contribution in [0.1, 0.15) is 52.9 Å². The van der Waals surface area contributed by atoms with E-state index in [-0.39, 0.29) is 11.9 Å². The number of nitrogens with one attached hydrogen (secondary N) is 2. The van der Waals surface area contributed by atoms with Crippen molar-refractivity contribution in [3.63, 3.8) is 0 Å². The van der Waals surface area contributed by atoms with Crippen molar-refractivity contribution in [3.8, 4) is 0 Å². The molecule has 1 rings (SSSR count). The lowest BCUT2D eigenvalue weighted by atomic mass is 9.84. The Hall–Kier alpha value is -1.16. The zero-order chi connectivity index (χ0) is 19.4. The molecular weight excluding hydrogens is 325 g/mol. The molecule has 1 aliphatic rings. The number of carboxylic acids is 1. The van der Waals surface area contributed by atoms with Crippen LogP contribution in [-0.2, 0) is 9.59 Å². The fourth-order valence-electron chi connectivity index (χ4n) is 2.55. The van der Waals surface area contributed by atoms with Crippen molar-refractivity contribution in [1.29, 1.82) is 0 Å². The Bertz CT molecular complexity index is 396. The number of hydrogen-bond acceptors (Lipinski definition) is 6. The molecule has 0 saturated carbocycles. The van der Waals surface area contributed by atoms with Crippen molar-refractivity contribution in [2.24, 2.45) is 11.7 Å². The van der Waals surface area contributed by atoms with Crippen LogP contribution < -0.4 is 16.4 Å². The van der Waals surface area contributed by atoms with Gasteiger partial charge in [-0.1, -0.05) is 33.6 Å². The Balaban J connectivity index is 0.000000697. The van der Waals surface area contributed by atoms with Gasteiger partial charge in [0.15, 0.2) is 0 Å². The Morgan fingerprint density at radius 1 is 1.36 bits per heavy atom. The molecule has 0 aromatic carbocycles. The van der Waals surface area contributed by atoms with E-state index in [9.17, 15) is 9.59 Å². The van der Waals surface area contributed by atoms with Crippen LogP contribution in [0.15, 0.2) is 0 Å². The maximum absolute atomic E-state index is 11.8. The van der Waals surface area contributed by atoms with E-state index in [0.29, 0.717) is 31.6 Å². The van der Waals surface area contributed by atoms with E-state index >= 15 is 0 Å². The number of carbonyl (C=O) groups excluding carboxylic acids is 1. The Labute approximate surface area is 150 Å². The minimum absolute atomic E-state index is 0.0990. The molecular formula is C16H34BN3O5. The van der Waals surface area contributed by atoms with Crippen LogP contribution in [0.25, 0.3) is 0 Å². The van der Waals surface area contributed by atoms with Crippen molar-refractivity contribution < 1.29 is 24.7 Å². The molecule has 9 heteroatoms. The van der Waals surface area contributed by atoms with Gasteiger partial charge < -0.3 is 31.5 Å². The van der Waals surface area contributed by atoms with Gasteiger partial charge in [-0.05, 0) is 38.0 Å². The van der Waals surface area contributed by atoms with Crippen molar-refractivity contribution in [1.82, 2.24) is 10.6 Å². The predicted molar refractivity (Wildman–Crippen MR) is 97.9 cm³/mol. The number of piperidine rings is 1. The van der Waals surface area contributed by atoms with Crippen molar-refractivity contribution in [3.05, 3.63) is 0 Å². The van der Waals surface area contributed by atoms with Crippen LogP contribution in [0.3, 0.4) is 0 Å². The molecule has 1 saturated heterocycles. The maximum Gasteiger partial charge on any atom is 0.451 e. The molecule has 0 aliphatic carbocycles. The van der Waals surface area contributed by atoms with E-state index in [0.717, 1.165) is 19.3 Å². The number of nitrogens with two attached hydrogens (primary N) is 1. The summed E-state index contributed by atoms with van der Waals surface area (Å²) in [6, 6.07) is -1.19. The standard InChI is InChI=1S/C12H23N3O3.C4H11BO2/c1-7(2)5-9(13)11(16)15-8-3-4-14-10(6-8)12(17)18;1-2-3-4-5(6)7/h7-10,14H,3-6,13H2,1-2H3,(H,15,16)(H,17,18);6-7H,2-4H2,1H3. The first-order valence-corrected chi connectivity index (χ1v) is 9.05. The normalized spacial score (nSPS) is 21.1. The van der Waals surface area contributed by atoms with E-state index in [4.69, 9.17) is 20.9 Å². The number of rotatable bonds is 8. The monoisotopic (exact) mass is 359 g/mol. The smallest absolute Gasteiger partial charge is 0.451 e. The fourth-order valence-corrected chi connectivity index (χ4v) is 2.55. The summed E-state index contributed by atoms with van der Waals surface area (Å²) in [6.45, 7) is 6.64. The molecule has 3 atom stereocenters. The lowest BCUT2D eigenvalue weighted by Crippen LogP contribution is -2.53. The van der Waals surface area contributed by atoms with E-state index < -0.39 is 25.2 Å². The molecule has 0 bridgehead atoms. The first kappa shape index (κ1) is 23.8. The highest BCUT2D eigenvalue weighted by Crippen LogP contribution is 2.10. The van der Waals surface area contributed by atoms with E-state index in [1.165, 1.54) is 0 Å². The highest BCUT2D eigenvalue weighted by atomic mass is 16.4. The number of carboxylic acid groups (broad SMARTS) is 1. The highest BCUT2D eigenvalue weighted by molar-refractivity contribution is 6.40. The second-order valence-corrected chi connectivity index (χ2v) is 6.93. The zero-order valence-corrected chi connectivity index (χ0v) is 15.6. The average Bonchev–Trinajstić information content (AvgIpc) is 2.53. The molecule has 0 aromatic heterocycles. The van der Waals surface area contributed by atoms with Gasteiger partial charge in [0.2, 0.25) is 5.91 Å². The highest BCUT2D eigenvalue weighted by Gasteiger charge is 2.28. The van der Waals surface area contributed by atoms with Gasteiger partial charge in [0, 0.05) is 6.04 Å². The minimum Gasteiger partial charge on any atom is -0.480 e. The molecule has 1 heterocycles. The van der Waals surface area contributed by atoms with E-state index in [1.54, 1.807) is 0 Å². The van der Waals surface area contributed by atoms with Crippen molar-refractivity contribution in [2.45, 2.75) is 77.3 Å². The number of hydrogen-bond donors (Lipinski definition) is 6. The van der Waals surface area contributed by atoms with E-state index in [2.05, 4.69) is 10.6 Å². The topological polar surface area (TPSA) is 145 Å². The van der Waals surface area contributed by atoms with Crippen LogP contribution in [0.5, 0.6) is 0 Å². The molecule has 8 nitrogen and oxygen atoms in total. The molecule has 7 N–H and O–H groups in total. The molecule has 1 aliphatic heterocycles. The number of aliphatic carboxylic acids is 1. The summed E-state index contributed by atoms with van der Waals surface area (Å²) in [5, 5.41) is 31.1. The van der Waals surface area contributed by atoms with Gasteiger partial charge in [-0.15, -0.1) is 0 Å². The third kappa shape index (κ3) is 11.9. The van der Waals surface area contributed by atoms with Gasteiger partial charge in [0.25, 0.3) is 0 Å². The van der Waals surface area contributed by atoms with Crippen molar-refractivity contribution >= 4 is 19.0 Å². The van der Waals surface area contributed by atoms with Gasteiger partial charge in [-0.25, -0.2) is 0 Å². The summed E-state index contributed by atoms with van der Waals surface area (Å²) in [5.41, 5.74) is 5.79. The van der Waals surface area contributed by atoms with Gasteiger partial charge in [-0.2, -0.15) is 0 Å².